The Hall–Kier alpha value is -2.89. The fraction of sp³-hybridized carbons (Fsp3) is 0.222. The van der Waals surface area contributed by atoms with Crippen LogP contribution in [-0.2, 0) is 9.59 Å². The number of rotatable bonds is 5. The third-order valence-corrected chi connectivity index (χ3v) is 3.72. The highest BCUT2D eigenvalue weighted by molar-refractivity contribution is 6.23. The predicted molar refractivity (Wildman–Crippen MR) is 88.5 cm³/mol. The van der Waals surface area contributed by atoms with Gasteiger partial charge in [0, 0.05) is 5.69 Å². The number of para-hydroxylation sites is 2. The van der Waals surface area contributed by atoms with Gasteiger partial charge in [0.1, 0.15) is 17.6 Å². The van der Waals surface area contributed by atoms with E-state index in [0.717, 1.165) is 4.90 Å². The molecule has 2 aromatic rings. The minimum Gasteiger partial charge on any atom is -0.492 e. The van der Waals surface area contributed by atoms with Crippen LogP contribution in [0, 0.1) is 5.82 Å². The number of ether oxygens (including phenoxy) is 1. The summed E-state index contributed by atoms with van der Waals surface area (Å²) in [5, 5.41) is 2.92. The van der Waals surface area contributed by atoms with Crippen LogP contribution in [0.15, 0.2) is 48.5 Å². The quantitative estimate of drug-likeness (QED) is 0.857. The van der Waals surface area contributed by atoms with Gasteiger partial charge in [-0.3, -0.25) is 9.59 Å². The smallest absolute Gasteiger partial charge is 0.256 e. The first-order valence-corrected chi connectivity index (χ1v) is 7.71. The van der Waals surface area contributed by atoms with Gasteiger partial charge in [-0.1, -0.05) is 18.2 Å². The standard InChI is InChI=1S/C18H17FN2O3/c1-2-24-16-9-4-3-8-15(16)21-17(22)11-14(18(21)23)20-13-7-5-6-12(19)10-13/h3-10,14,20H,2,11H2,1H3/t14-/m1/s1. The molecule has 1 heterocycles. The molecule has 0 bridgehead atoms. The average molecular weight is 328 g/mol. The Labute approximate surface area is 139 Å². The maximum absolute atomic E-state index is 13.3. The second kappa shape index (κ2) is 6.70. The highest BCUT2D eigenvalue weighted by atomic mass is 19.1. The molecule has 1 saturated heterocycles. The molecule has 1 atom stereocenters. The van der Waals surface area contributed by atoms with Crippen LogP contribution in [0.2, 0.25) is 0 Å². The maximum atomic E-state index is 13.3. The molecule has 1 fully saturated rings. The monoisotopic (exact) mass is 328 g/mol. The Balaban J connectivity index is 1.84. The Morgan fingerprint density at radius 1 is 1.21 bits per heavy atom. The Morgan fingerprint density at radius 3 is 2.75 bits per heavy atom. The van der Waals surface area contributed by atoms with Gasteiger partial charge >= 0.3 is 0 Å². The molecule has 0 radical (unpaired) electrons. The zero-order valence-corrected chi connectivity index (χ0v) is 13.2. The maximum Gasteiger partial charge on any atom is 0.256 e. The van der Waals surface area contributed by atoms with Crippen molar-refractivity contribution in [3.8, 4) is 5.75 Å². The van der Waals surface area contributed by atoms with Crippen molar-refractivity contribution in [3.63, 3.8) is 0 Å². The van der Waals surface area contributed by atoms with E-state index in [0.29, 0.717) is 23.7 Å². The average Bonchev–Trinajstić information content (AvgIpc) is 2.82. The van der Waals surface area contributed by atoms with Gasteiger partial charge in [0.15, 0.2) is 0 Å². The van der Waals surface area contributed by atoms with Crippen molar-refractivity contribution < 1.29 is 18.7 Å². The number of hydrogen-bond donors (Lipinski definition) is 1. The first-order valence-electron chi connectivity index (χ1n) is 7.71. The molecule has 2 aromatic carbocycles. The summed E-state index contributed by atoms with van der Waals surface area (Å²) in [5.74, 6) is -0.624. The number of halogens is 1. The zero-order valence-electron chi connectivity index (χ0n) is 13.2. The minimum atomic E-state index is -0.728. The second-order valence-corrected chi connectivity index (χ2v) is 5.38. The summed E-state index contributed by atoms with van der Waals surface area (Å²) in [6, 6.07) is 12.0. The highest BCUT2D eigenvalue weighted by Crippen LogP contribution is 2.32. The zero-order chi connectivity index (χ0) is 17.1. The Morgan fingerprint density at radius 2 is 2.00 bits per heavy atom. The van der Waals surface area contributed by atoms with Crippen molar-refractivity contribution in [2.24, 2.45) is 0 Å². The van der Waals surface area contributed by atoms with Crippen LogP contribution in [0.25, 0.3) is 0 Å². The van der Waals surface area contributed by atoms with Crippen molar-refractivity contribution in [1.82, 2.24) is 0 Å². The number of amides is 2. The van der Waals surface area contributed by atoms with Crippen molar-refractivity contribution in [2.45, 2.75) is 19.4 Å². The summed E-state index contributed by atoms with van der Waals surface area (Å²) in [7, 11) is 0. The van der Waals surface area contributed by atoms with Crippen LogP contribution in [-0.4, -0.2) is 24.5 Å². The topological polar surface area (TPSA) is 58.6 Å². The summed E-state index contributed by atoms with van der Waals surface area (Å²) in [6.45, 7) is 2.26. The first kappa shape index (κ1) is 16.0. The van der Waals surface area contributed by atoms with E-state index in [-0.39, 0.29) is 18.2 Å². The summed E-state index contributed by atoms with van der Waals surface area (Å²) in [6.07, 6.45) is 0.00973. The van der Waals surface area contributed by atoms with Crippen LogP contribution < -0.4 is 15.0 Å². The van der Waals surface area contributed by atoms with E-state index in [1.165, 1.54) is 12.1 Å². The van der Waals surface area contributed by atoms with E-state index in [1.54, 1.807) is 36.4 Å². The number of imide groups is 1. The molecule has 3 rings (SSSR count). The third-order valence-electron chi connectivity index (χ3n) is 3.72. The fourth-order valence-corrected chi connectivity index (χ4v) is 2.70. The van der Waals surface area contributed by atoms with Crippen LogP contribution >= 0.6 is 0 Å². The van der Waals surface area contributed by atoms with Crippen LogP contribution in [0.4, 0.5) is 15.8 Å². The molecule has 5 nitrogen and oxygen atoms in total. The lowest BCUT2D eigenvalue weighted by Crippen LogP contribution is -2.35. The van der Waals surface area contributed by atoms with Crippen molar-refractivity contribution >= 4 is 23.2 Å². The van der Waals surface area contributed by atoms with E-state index >= 15 is 0 Å². The van der Waals surface area contributed by atoms with Crippen LogP contribution in [0.1, 0.15) is 13.3 Å². The lowest BCUT2D eigenvalue weighted by atomic mass is 10.2. The van der Waals surface area contributed by atoms with Gasteiger partial charge in [0.25, 0.3) is 5.91 Å². The van der Waals surface area contributed by atoms with Crippen molar-refractivity contribution in [3.05, 3.63) is 54.3 Å². The molecule has 1 aliphatic heterocycles. The van der Waals surface area contributed by atoms with Gasteiger partial charge in [-0.15, -0.1) is 0 Å². The third kappa shape index (κ3) is 3.08. The molecule has 6 heteroatoms. The Kier molecular flexibility index (Phi) is 4.46. The molecule has 0 unspecified atom stereocenters. The summed E-state index contributed by atoms with van der Waals surface area (Å²) in [4.78, 5) is 26.1. The SMILES string of the molecule is CCOc1ccccc1N1C(=O)C[C@@H](Nc2cccc(F)c2)C1=O. The lowest BCUT2D eigenvalue weighted by Gasteiger charge is -2.19. The van der Waals surface area contributed by atoms with Gasteiger partial charge in [-0.25, -0.2) is 9.29 Å². The molecule has 0 spiro atoms. The molecular weight excluding hydrogens is 311 g/mol. The normalized spacial score (nSPS) is 17.2. The van der Waals surface area contributed by atoms with E-state index < -0.39 is 11.9 Å². The number of anilines is 2. The van der Waals surface area contributed by atoms with Crippen LogP contribution in [0.5, 0.6) is 5.75 Å². The second-order valence-electron chi connectivity index (χ2n) is 5.38. The number of nitrogens with one attached hydrogen (secondary N) is 1. The largest absolute Gasteiger partial charge is 0.492 e. The molecule has 1 N–H and O–H groups in total. The molecular formula is C18H17FN2O3. The van der Waals surface area contributed by atoms with Gasteiger partial charge in [0.2, 0.25) is 5.91 Å². The fourth-order valence-electron chi connectivity index (χ4n) is 2.70. The summed E-state index contributed by atoms with van der Waals surface area (Å²) >= 11 is 0. The van der Waals surface area contributed by atoms with E-state index in [2.05, 4.69) is 5.32 Å². The molecule has 1 aliphatic rings. The number of carbonyl (C=O) groups is 2. The molecule has 2 amide bonds. The molecule has 124 valence electrons. The minimum absolute atomic E-state index is 0.00973. The molecule has 0 aromatic heterocycles. The van der Waals surface area contributed by atoms with Gasteiger partial charge in [-0.05, 0) is 37.3 Å². The Bertz CT molecular complexity index is 778. The number of benzene rings is 2. The van der Waals surface area contributed by atoms with E-state index in [4.69, 9.17) is 4.74 Å². The van der Waals surface area contributed by atoms with E-state index in [1.807, 2.05) is 6.92 Å². The molecule has 0 saturated carbocycles. The van der Waals surface area contributed by atoms with Gasteiger partial charge < -0.3 is 10.1 Å². The number of carbonyl (C=O) groups excluding carboxylic acids is 2. The predicted octanol–water partition coefficient (Wildman–Crippen LogP) is 2.97. The van der Waals surface area contributed by atoms with Crippen LogP contribution in [0.3, 0.4) is 0 Å². The number of hydrogen-bond acceptors (Lipinski definition) is 4. The van der Waals surface area contributed by atoms with Crippen molar-refractivity contribution in [1.29, 1.82) is 0 Å². The van der Waals surface area contributed by atoms with Gasteiger partial charge in [0.05, 0.1) is 18.7 Å². The number of nitrogens with zero attached hydrogens (tertiary/aromatic N) is 1. The van der Waals surface area contributed by atoms with Gasteiger partial charge in [-0.2, -0.15) is 0 Å². The van der Waals surface area contributed by atoms with Crippen molar-refractivity contribution in [2.75, 3.05) is 16.8 Å². The summed E-state index contributed by atoms with van der Waals surface area (Å²) < 4.78 is 18.8. The summed E-state index contributed by atoms with van der Waals surface area (Å²) in [5.41, 5.74) is 0.888. The van der Waals surface area contributed by atoms with E-state index in [9.17, 15) is 14.0 Å². The highest BCUT2D eigenvalue weighted by Gasteiger charge is 2.40. The molecule has 0 aliphatic carbocycles. The first-order chi connectivity index (χ1) is 11.6. The lowest BCUT2D eigenvalue weighted by molar-refractivity contribution is -0.121. The molecule has 24 heavy (non-hydrogen) atoms.